The van der Waals surface area contributed by atoms with Gasteiger partial charge in [-0.3, -0.25) is 4.79 Å². The van der Waals surface area contributed by atoms with E-state index in [1.54, 1.807) is 6.08 Å². The highest BCUT2D eigenvalue weighted by atomic mass is 16.7. The molecule has 1 heterocycles. The maximum absolute atomic E-state index is 11.4. The predicted octanol–water partition coefficient (Wildman–Crippen LogP) is 2.07. The van der Waals surface area contributed by atoms with E-state index >= 15 is 0 Å². The Hall–Kier alpha value is -1.45. The van der Waals surface area contributed by atoms with Crippen LogP contribution in [0.2, 0.25) is 0 Å². The van der Waals surface area contributed by atoms with Gasteiger partial charge in [-0.05, 0) is 18.6 Å². The van der Waals surface area contributed by atoms with Crippen molar-refractivity contribution >= 4 is 5.78 Å². The van der Waals surface area contributed by atoms with Crippen molar-refractivity contribution in [2.75, 3.05) is 0 Å². The third kappa shape index (κ3) is 2.78. The van der Waals surface area contributed by atoms with Crippen LogP contribution in [0.3, 0.4) is 0 Å². The molecule has 1 aliphatic heterocycles. The molecule has 0 radical (unpaired) electrons. The molecule has 2 atom stereocenters. The Labute approximate surface area is 94.7 Å². The molecule has 3 heteroatoms. The quantitative estimate of drug-likeness (QED) is 0.779. The highest BCUT2D eigenvalue weighted by molar-refractivity contribution is 5.93. The number of rotatable bonds is 3. The van der Waals surface area contributed by atoms with E-state index in [2.05, 4.69) is 0 Å². The first-order valence-electron chi connectivity index (χ1n) is 5.29. The maximum atomic E-state index is 11.4. The number of benzene rings is 1. The van der Waals surface area contributed by atoms with Crippen LogP contribution in [0.25, 0.3) is 0 Å². The number of ketones is 1. The van der Waals surface area contributed by atoms with Gasteiger partial charge in [-0.25, -0.2) is 0 Å². The highest BCUT2D eigenvalue weighted by Gasteiger charge is 2.23. The van der Waals surface area contributed by atoms with Crippen LogP contribution in [0.1, 0.15) is 12.5 Å². The van der Waals surface area contributed by atoms with Crippen LogP contribution in [0.4, 0.5) is 0 Å². The second kappa shape index (κ2) is 5.05. The summed E-state index contributed by atoms with van der Waals surface area (Å²) in [6, 6.07) is 9.71. The minimum Gasteiger partial charge on any atom is -0.341 e. The molecule has 0 saturated heterocycles. The normalized spacial score (nSPS) is 24.7. The minimum absolute atomic E-state index is 0.0709. The van der Waals surface area contributed by atoms with Crippen LogP contribution in [0.15, 0.2) is 42.5 Å². The summed E-state index contributed by atoms with van der Waals surface area (Å²) >= 11 is 0. The van der Waals surface area contributed by atoms with E-state index in [1.165, 1.54) is 6.08 Å². The van der Waals surface area contributed by atoms with Gasteiger partial charge in [0.05, 0.1) is 12.7 Å². The van der Waals surface area contributed by atoms with Gasteiger partial charge in [-0.1, -0.05) is 36.4 Å². The number of hydrogen-bond donors (Lipinski definition) is 0. The fourth-order valence-corrected chi connectivity index (χ4v) is 1.48. The number of ether oxygens (including phenoxy) is 2. The van der Waals surface area contributed by atoms with E-state index in [0.717, 1.165) is 5.56 Å². The summed E-state index contributed by atoms with van der Waals surface area (Å²) in [4.78, 5) is 11.4. The summed E-state index contributed by atoms with van der Waals surface area (Å²) < 4.78 is 10.8. The van der Waals surface area contributed by atoms with E-state index in [9.17, 15) is 4.79 Å². The van der Waals surface area contributed by atoms with Crippen molar-refractivity contribution in [1.82, 2.24) is 0 Å². The Balaban J connectivity index is 1.91. The number of hydrogen-bond acceptors (Lipinski definition) is 3. The van der Waals surface area contributed by atoms with Gasteiger partial charge >= 0.3 is 0 Å². The van der Waals surface area contributed by atoms with Crippen LogP contribution in [-0.2, 0) is 20.9 Å². The van der Waals surface area contributed by atoms with Crippen LogP contribution >= 0.6 is 0 Å². The molecule has 0 bridgehead atoms. The van der Waals surface area contributed by atoms with Gasteiger partial charge in [0, 0.05) is 0 Å². The largest absolute Gasteiger partial charge is 0.341 e. The third-order valence-electron chi connectivity index (χ3n) is 2.35. The first-order valence-corrected chi connectivity index (χ1v) is 5.29. The van der Waals surface area contributed by atoms with Gasteiger partial charge in [-0.15, -0.1) is 0 Å². The van der Waals surface area contributed by atoms with E-state index < -0.39 is 6.29 Å². The molecule has 0 aliphatic carbocycles. The molecule has 0 amide bonds. The zero-order valence-corrected chi connectivity index (χ0v) is 9.13. The highest BCUT2D eigenvalue weighted by Crippen LogP contribution is 2.12. The summed E-state index contributed by atoms with van der Waals surface area (Å²) in [7, 11) is 0. The second-order valence-electron chi connectivity index (χ2n) is 3.73. The van der Waals surface area contributed by atoms with Gasteiger partial charge in [0.25, 0.3) is 0 Å². The minimum atomic E-state index is -0.764. The molecule has 84 valence electrons. The standard InChI is InChI=1S/C13H14O3/c1-10-7-8-12(14)13(16-10)15-9-11-5-3-2-4-6-11/h2-8,10,13H,9H2,1H3/t10-,13+/m0/s1. The van der Waals surface area contributed by atoms with Gasteiger partial charge in [0.1, 0.15) is 0 Å². The lowest BCUT2D eigenvalue weighted by atomic mass is 10.2. The van der Waals surface area contributed by atoms with Crippen molar-refractivity contribution < 1.29 is 14.3 Å². The molecule has 0 saturated carbocycles. The van der Waals surface area contributed by atoms with Gasteiger partial charge in [0.2, 0.25) is 12.1 Å². The zero-order chi connectivity index (χ0) is 11.4. The van der Waals surface area contributed by atoms with Crippen molar-refractivity contribution in [2.45, 2.75) is 25.9 Å². The molecule has 0 aromatic heterocycles. The van der Waals surface area contributed by atoms with Crippen LogP contribution in [0, 0.1) is 0 Å². The Morgan fingerprint density at radius 2 is 2.06 bits per heavy atom. The molecule has 1 aliphatic rings. The lowest BCUT2D eigenvalue weighted by Crippen LogP contribution is -2.32. The molecular weight excluding hydrogens is 204 g/mol. The SMILES string of the molecule is C[C@H]1C=CC(=O)[C@H](OCc2ccccc2)O1. The monoisotopic (exact) mass is 218 g/mol. The average molecular weight is 218 g/mol. The molecule has 0 unspecified atom stereocenters. The fourth-order valence-electron chi connectivity index (χ4n) is 1.48. The molecule has 1 aromatic carbocycles. The molecule has 2 rings (SSSR count). The van der Waals surface area contributed by atoms with E-state index in [1.807, 2.05) is 37.3 Å². The Morgan fingerprint density at radius 3 is 2.81 bits per heavy atom. The summed E-state index contributed by atoms with van der Waals surface area (Å²) in [5.74, 6) is -0.131. The van der Waals surface area contributed by atoms with Gasteiger partial charge < -0.3 is 9.47 Å². The number of carbonyl (C=O) groups excluding carboxylic acids is 1. The third-order valence-corrected chi connectivity index (χ3v) is 2.35. The Kier molecular flexibility index (Phi) is 3.49. The molecular formula is C13H14O3. The van der Waals surface area contributed by atoms with Crippen molar-refractivity contribution in [1.29, 1.82) is 0 Å². The molecule has 0 N–H and O–H groups in total. The number of carbonyl (C=O) groups is 1. The summed E-state index contributed by atoms with van der Waals surface area (Å²) in [6.07, 6.45) is 2.41. The molecule has 1 aromatic rings. The topological polar surface area (TPSA) is 35.5 Å². The molecule has 3 nitrogen and oxygen atoms in total. The smallest absolute Gasteiger partial charge is 0.222 e. The van der Waals surface area contributed by atoms with Crippen LogP contribution in [-0.4, -0.2) is 18.2 Å². The summed E-state index contributed by atoms with van der Waals surface area (Å²) in [5.41, 5.74) is 1.03. The van der Waals surface area contributed by atoms with Crippen molar-refractivity contribution in [3.05, 3.63) is 48.0 Å². The van der Waals surface area contributed by atoms with Crippen molar-refractivity contribution in [3.8, 4) is 0 Å². The maximum Gasteiger partial charge on any atom is 0.222 e. The Bertz CT molecular complexity index is 383. The second-order valence-corrected chi connectivity index (χ2v) is 3.73. The first-order chi connectivity index (χ1) is 7.75. The van der Waals surface area contributed by atoms with E-state index in [0.29, 0.717) is 6.61 Å². The first kappa shape index (κ1) is 11.0. The van der Waals surface area contributed by atoms with Crippen molar-refractivity contribution in [3.63, 3.8) is 0 Å². The average Bonchev–Trinajstić information content (AvgIpc) is 2.32. The Morgan fingerprint density at radius 1 is 1.31 bits per heavy atom. The fraction of sp³-hybridized carbons (Fsp3) is 0.308. The van der Waals surface area contributed by atoms with Gasteiger partial charge in [-0.2, -0.15) is 0 Å². The summed E-state index contributed by atoms with van der Waals surface area (Å²) in [6.45, 7) is 2.26. The van der Waals surface area contributed by atoms with Crippen LogP contribution in [0.5, 0.6) is 0 Å². The van der Waals surface area contributed by atoms with Crippen LogP contribution < -0.4 is 0 Å². The predicted molar refractivity (Wildman–Crippen MR) is 59.7 cm³/mol. The van der Waals surface area contributed by atoms with Gasteiger partial charge in [0.15, 0.2) is 0 Å². The molecule has 0 fully saturated rings. The van der Waals surface area contributed by atoms with Crippen molar-refractivity contribution in [2.24, 2.45) is 0 Å². The molecule has 0 spiro atoms. The van der Waals surface area contributed by atoms with E-state index in [-0.39, 0.29) is 11.9 Å². The van der Waals surface area contributed by atoms with E-state index in [4.69, 9.17) is 9.47 Å². The molecule has 16 heavy (non-hydrogen) atoms. The lowest BCUT2D eigenvalue weighted by Gasteiger charge is -2.22. The zero-order valence-electron chi connectivity index (χ0n) is 9.13. The lowest BCUT2D eigenvalue weighted by molar-refractivity contribution is -0.179. The summed E-state index contributed by atoms with van der Waals surface area (Å²) in [5, 5.41) is 0.